The number of carbonyl (C=O) groups excluding carboxylic acids is 1. The molecular weight excluding hydrogens is 276 g/mol. The summed E-state index contributed by atoms with van der Waals surface area (Å²) >= 11 is 0. The monoisotopic (exact) mass is 304 g/mol. The molecule has 1 atom stereocenters. The van der Waals surface area contributed by atoms with Gasteiger partial charge in [0, 0.05) is 51.7 Å². The number of amides is 1. The summed E-state index contributed by atoms with van der Waals surface area (Å²) in [5.74, 6) is 1.53. The third-order valence-electron chi connectivity index (χ3n) is 4.16. The standard InChI is InChI=1S/C17H28N4O/c1-14(2)11-21-9-6-15(13-21)12-20(3)17(22)5-4-16-10-18-7-8-19-16/h7-8,10,14-15H,4-6,9,11-13H2,1-3H3/t15-/m0/s1. The molecule has 1 aliphatic heterocycles. The number of aromatic nitrogens is 2. The van der Waals surface area contributed by atoms with Gasteiger partial charge in [0.1, 0.15) is 0 Å². The minimum atomic E-state index is 0.202. The quantitative estimate of drug-likeness (QED) is 0.771. The predicted molar refractivity (Wildman–Crippen MR) is 87.4 cm³/mol. The molecule has 0 N–H and O–H groups in total. The van der Waals surface area contributed by atoms with E-state index in [1.165, 1.54) is 19.5 Å². The van der Waals surface area contributed by atoms with Crippen molar-refractivity contribution in [1.82, 2.24) is 19.8 Å². The van der Waals surface area contributed by atoms with Crippen LogP contribution in [0.4, 0.5) is 0 Å². The zero-order valence-corrected chi connectivity index (χ0v) is 14.0. The van der Waals surface area contributed by atoms with Crippen LogP contribution in [0.5, 0.6) is 0 Å². The largest absolute Gasteiger partial charge is 0.345 e. The number of rotatable bonds is 7. The topological polar surface area (TPSA) is 49.3 Å². The molecule has 0 spiro atoms. The third-order valence-corrected chi connectivity index (χ3v) is 4.16. The lowest BCUT2D eigenvalue weighted by Gasteiger charge is -2.22. The summed E-state index contributed by atoms with van der Waals surface area (Å²) in [6, 6.07) is 0. The predicted octanol–water partition coefficient (Wildman–Crippen LogP) is 1.85. The van der Waals surface area contributed by atoms with Crippen LogP contribution in [0.25, 0.3) is 0 Å². The van der Waals surface area contributed by atoms with E-state index >= 15 is 0 Å². The highest BCUT2D eigenvalue weighted by atomic mass is 16.2. The molecule has 122 valence electrons. The molecule has 2 rings (SSSR count). The smallest absolute Gasteiger partial charge is 0.222 e. The summed E-state index contributed by atoms with van der Waals surface area (Å²) in [4.78, 5) is 24.9. The van der Waals surface area contributed by atoms with Gasteiger partial charge in [0.05, 0.1) is 5.69 Å². The Hall–Kier alpha value is -1.49. The second-order valence-electron chi connectivity index (χ2n) is 6.78. The maximum Gasteiger partial charge on any atom is 0.222 e. The number of carbonyl (C=O) groups is 1. The van der Waals surface area contributed by atoms with Gasteiger partial charge in [-0.2, -0.15) is 0 Å². The van der Waals surface area contributed by atoms with Gasteiger partial charge >= 0.3 is 0 Å². The van der Waals surface area contributed by atoms with Crippen LogP contribution in [-0.2, 0) is 11.2 Å². The van der Waals surface area contributed by atoms with E-state index in [1.807, 2.05) is 11.9 Å². The molecule has 1 aromatic heterocycles. The minimum absolute atomic E-state index is 0.202. The zero-order chi connectivity index (χ0) is 15.9. The van der Waals surface area contributed by atoms with Gasteiger partial charge in [0.25, 0.3) is 0 Å². The summed E-state index contributed by atoms with van der Waals surface area (Å²) in [5.41, 5.74) is 0.883. The van der Waals surface area contributed by atoms with Crippen molar-refractivity contribution >= 4 is 5.91 Å². The molecule has 0 unspecified atom stereocenters. The molecular formula is C17H28N4O. The van der Waals surface area contributed by atoms with Crippen LogP contribution in [-0.4, -0.2) is 58.9 Å². The van der Waals surface area contributed by atoms with E-state index in [0.29, 0.717) is 24.7 Å². The van der Waals surface area contributed by atoms with Crippen molar-refractivity contribution in [2.24, 2.45) is 11.8 Å². The molecule has 1 aliphatic rings. The minimum Gasteiger partial charge on any atom is -0.345 e. The summed E-state index contributed by atoms with van der Waals surface area (Å²) in [5, 5.41) is 0. The van der Waals surface area contributed by atoms with Crippen LogP contribution in [0.2, 0.25) is 0 Å². The van der Waals surface area contributed by atoms with Crippen LogP contribution >= 0.6 is 0 Å². The first-order valence-electron chi connectivity index (χ1n) is 8.25. The molecule has 2 heterocycles. The lowest BCUT2D eigenvalue weighted by Crippen LogP contribution is -2.33. The summed E-state index contributed by atoms with van der Waals surface area (Å²) in [7, 11) is 1.92. The Kier molecular flexibility index (Phi) is 6.31. The second kappa shape index (κ2) is 8.22. The molecule has 1 aromatic rings. The van der Waals surface area contributed by atoms with Gasteiger partial charge in [-0.05, 0) is 31.2 Å². The summed E-state index contributed by atoms with van der Waals surface area (Å²) < 4.78 is 0. The molecule has 0 saturated carbocycles. The van der Waals surface area contributed by atoms with Crippen molar-refractivity contribution in [3.05, 3.63) is 24.3 Å². The van der Waals surface area contributed by atoms with E-state index in [1.54, 1.807) is 18.6 Å². The molecule has 1 fully saturated rings. The Morgan fingerprint density at radius 3 is 2.95 bits per heavy atom. The molecule has 5 nitrogen and oxygen atoms in total. The summed E-state index contributed by atoms with van der Waals surface area (Å²) in [6.45, 7) is 8.85. The molecule has 5 heteroatoms. The number of aryl methyl sites for hydroxylation is 1. The van der Waals surface area contributed by atoms with Crippen LogP contribution in [0, 0.1) is 11.8 Å². The van der Waals surface area contributed by atoms with Gasteiger partial charge < -0.3 is 9.80 Å². The fraction of sp³-hybridized carbons (Fsp3) is 0.706. The van der Waals surface area contributed by atoms with Crippen molar-refractivity contribution in [2.75, 3.05) is 33.2 Å². The van der Waals surface area contributed by atoms with Crippen molar-refractivity contribution in [2.45, 2.75) is 33.1 Å². The maximum atomic E-state index is 12.2. The van der Waals surface area contributed by atoms with Crippen LogP contribution in [0.1, 0.15) is 32.4 Å². The number of likely N-dealkylation sites (tertiary alicyclic amines) is 1. The lowest BCUT2D eigenvalue weighted by molar-refractivity contribution is -0.130. The Balaban J connectivity index is 1.70. The van der Waals surface area contributed by atoms with E-state index in [0.717, 1.165) is 18.8 Å². The first kappa shape index (κ1) is 16.9. The molecule has 0 aliphatic carbocycles. The van der Waals surface area contributed by atoms with E-state index in [-0.39, 0.29) is 5.91 Å². The molecule has 0 bridgehead atoms. The number of nitrogens with zero attached hydrogens (tertiary/aromatic N) is 4. The highest BCUT2D eigenvalue weighted by Crippen LogP contribution is 2.18. The first-order valence-corrected chi connectivity index (χ1v) is 8.25. The van der Waals surface area contributed by atoms with E-state index in [2.05, 4.69) is 28.7 Å². The Labute approximate surface area is 133 Å². The fourth-order valence-electron chi connectivity index (χ4n) is 3.12. The van der Waals surface area contributed by atoms with Gasteiger partial charge in [-0.1, -0.05) is 13.8 Å². The van der Waals surface area contributed by atoms with E-state index in [9.17, 15) is 4.79 Å². The number of hydrogen-bond acceptors (Lipinski definition) is 4. The van der Waals surface area contributed by atoms with E-state index < -0.39 is 0 Å². The fourth-order valence-corrected chi connectivity index (χ4v) is 3.12. The van der Waals surface area contributed by atoms with Crippen molar-refractivity contribution in [1.29, 1.82) is 0 Å². The Morgan fingerprint density at radius 2 is 2.27 bits per heavy atom. The first-order chi connectivity index (χ1) is 10.5. The second-order valence-corrected chi connectivity index (χ2v) is 6.78. The van der Waals surface area contributed by atoms with Gasteiger partial charge in [0.15, 0.2) is 0 Å². The van der Waals surface area contributed by atoms with Crippen LogP contribution in [0.15, 0.2) is 18.6 Å². The average molecular weight is 304 g/mol. The van der Waals surface area contributed by atoms with Gasteiger partial charge in [-0.25, -0.2) is 0 Å². The van der Waals surface area contributed by atoms with Crippen LogP contribution in [0.3, 0.4) is 0 Å². The Bertz CT molecular complexity index is 463. The van der Waals surface area contributed by atoms with E-state index in [4.69, 9.17) is 0 Å². The SMILES string of the molecule is CC(C)CN1CC[C@@H](CN(C)C(=O)CCc2cnccn2)C1. The summed E-state index contributed by atoms with van der Waals surface area (Å²) in [6.07, 6.45) is 7.44. The average Bonchev–Trinajstić information content (AvgIpc) is 2.92. The molecule has 1 amide bonds. The highest BCUT2D eigenvalue weighted by molar-refractivity contribution is 5.76. The van der Waals surface area contributed by atoms with Crippen molar-refractivity contribution < 1.29 is 4.79 Å². The third kappa shape index (κ3) is 5.37. The Morgan fingerprint density at radius 1 is 1.45 bits per heavy atom. The maximum absolute atomic E-state index is 12.2. The van der Waals surface area contributed by atoms with Gasteiger partial charge in [0.2, 0.25) is 5.91 Å². The van der Waals surface area contributed by atoms with Gasteiger partial charge in [-0.3, -0.25) is 14.8 Å². The normalized spacial score (nSPS) is 18.8. The lowest BCUT2D eigenvalue weighted by atomic mass is 10.1. The van der Waals surface area contributed by atoms with Crippen LogP contribution < -0.4 is 0 Å². The number of hydrogen-bond donors (Lipinski definition) is 0. The molecule has 22 heavy (non-hydrogen) atoms. The van der Waals surface area contributed by atoms with Gasteiger partial charge in [-0.15, -0.1) is 0 Å². The zero-order valence-electron chi connectivity index (χ0n) is 14.0. The molecule has 0 aromatic carbocycles. The van der Waals surface area contributed by atoms with Crippen molar-refractivity contribution in [3.8, 4) is 0 Å². The highest BCUT2D eigenvalue weighted by Gasteiger charge is 2.25. The molecule has 0 radical (unpaired) electrons. The molecule has 1 saturated heterocycles. The van der Waals surface area contributed by atoms with Crippen molar-refractivity contribution in [3.63, 3.8) is 0 Å².